The summed E-state index contributed by atoms with van der Waals surface area (Å²) in [5, 5.41) is 10.7. The number of halogens is 1. The highest BCUT2D eigenvalue weighted by atomic mass is 35.5. The summed E-state index contributed by atoms with van der Waals surface area (Å²) >= 11 is 6.51. The van der Waals surface area contributed by atoms with E-state index in [1.54, 1.807) is 36.0 Å². The Morgan fingerprint density at radius 2 is 2.00 bits per heavy atom. The Hall–Kier alpha value is -3.52. The van der Waals surface area contributed by atoms with Crippen molar-refractivity contribution in [2.24, 2.45) is 7.05 Å². The number of hydrogen-bond acceptors (Lipinski definition) is 5. The SMILES string of the molecule is Cc1nn(C)c2c1C(c1ccccc1Cl)C(NC(=O)c1ccc3c(c1)OCO3)C(=O)N2. The predicted molar refractivity (Wildman–Crippen MR) is 114 cm³/mol. The summed E-state index contributed by atoms with van der Waals surface area (Å²) in [6, 6.07) is 11.3. The standard InChI is InChI=1S/C22H19ClN4O4/c1-11-17-18(13-5-3-4-6-14(13)23)19(22(29)25-20(17)27(2)26-11)24-21(28)12-7-8-15-16(9-12)31-10-30-15/h3-9,18-19H,10H2,1-2H3,(H,24,28)(H,25,29). The molecule has 0 saturated heterocycles. The van der Waals surface area contributed by atoms with Crippen LogP contribution in [-0.4, -0.2) is 34.4 Å². The molecule has 3 heterocycles. The molecule has 2 aliphatic heterocycles. The molecule has 0 saturated carbocycles. The van der Waals surface area contributed by atoms with Gasteiger partial charge in [-0.05, 0) is 36.8 Å². The molecular formula is C22H19ClN4O4. The normalized spacial score (nSPS) is 19.0. The van der Waals surface area contributed by atoms with Crippen molar-refractivity contribution in [2.75, 3.05) is 12.1 Å². The van der Waals surface area contributed by atoms with Gasteiger partial charge >= 0.3 is 0 Å². The lowest BCUT2D eigenvalue weighted by Gasteiger charge is -2.33. The van der Waals surface area contributed by atoms with Gasteiger partial charge in [-0.25, -0.2) is 0 Å². The van der Waals surface area contributed by atoms with E-state index in [2.05, 4.69) is 15.7 Å². The van der Waals surface area contributed by atoms with Crippen molar-refractivity contribution in [1.29, 1.82) is 0 Å². The molecule has 2 amide bonds. The van der Waals surface area contributed by atoms with Gasteiger partial charge in [0.05, 0.1) is 5.69 Å². The molecule has 2 N–H and O–H groups in total. The molecule has 9 heteroatoms. The van der Waals surface area contributed by atoms with Gasteiger partial charge < -0.3 is 20.1 Å². The second-order valence-corrected chi connectivity index (χ2v) is 7.89. The summed E-state index contributed by atoms with van der Waals surface area (Å²) < 4.78 is 12.3. The monoisotopic (exact) mass is 438 g/mol. The van der Waals surface area contributed by atoms with E-state index >= 15 is 0 Å². The smallest absolute Gasteiger partial charge is 0.252 e. The number of benzene rings is 2. The van der Waals surface area contributed by atoms with Gasteiger partial charge in [-0.15, -0.1) is 0 Å². The van der Waals surface area contributed by atoms with Gasteiger partial charge in [0.2, 0.25) is 12.7 Å². The number of rotatable bonds is 3. The van der Waals surface area contributed by atoms with Crippen molar-refractivity contribution < 1.29 is 19.1 Å². The van der Waals surface area contributed by atoms with E-state index in [1.807, 2.05) is 25.1 Å². The average molecular weight is 439 g/mol. The summed E-state index contributed by atoms with van der Waals surface area (Å²) in [5.74, 6) is 0.436. The van der Waals surface area contributed by atoms with E-state index < -0.39 is 17.9 Å². The van der Waals surface area contributed by atoms with E-state index in [4.69, 9.17) is 21.1 Å². The number of aromatic nitrogens is 2. The fourth-order valence-electron chi connectivity index (χ4n) is 4.18. The van der Waals surface area contributed by atoms with Crippen molar-refractivity contribution in [1.82, 2.24) is 15.1 Å². The van der Waals surface area contributed by atoms with Crippen molar-refractivity contribution in [3.8, 4) is 11.5 Å². The Morgan fingerprint density at radius 3 is 2.81 bits per heavy atom. The third-order valence-electron chi connectivity index (χ3n) is 5.60. The van der Waals surface area contributed by atoms with Crippen LogP contribution in [0.3, 0.4) is 0 Å². The van der Waals surface area contributed by atoms with E-state index in [-0.39, 0.29) is 12.7 Å². The first-order chi connectivity index (χ1) is 14.9. The lowest BCUT2D eigenvalue weighted by Crippen LogP contribution is -2.50. The Labute approximate surface area is 183 Å². The molecule has 0 radical (unpaired) electrons. The number of hydrogen-bond donors (Lipinski definition) is 2. The second-order valence-electron chi connectivity index (χ2n) is 7.48. The Kier molecular flexibility index (Phi) is 4.59. The number of carbonyl (C=O) groups excluding carboxylic acids is 2. The minimum Gasteiger partial charge on any atom is -0.454 e. The van der Waals surface area contributed by atoms with Crippen molar-refractivity contribution in [3.05, 3.63) is 69.9 Å². The molecule has 2 aliphatic rings. The largest absolute Gasteiger partial charge is 0.454 e. The number of carbonyl (C=O) groups is 2. The molecule has 3 aromatic rings. The van der Waals surface area contributed by atoms with Crippen LogP contribution in [0, 0.1) is 6.92 Å². The molecule has 2 unspecified atom stereocenters. The zero-order chi connectivity index (χ0) is 21.7. The maximum Gasteiger partial charge on any atom is 0.252 e. The van der Waals surface area contributed by atoms with Crippen LogP contribution in [0.15, 0.2) is 42.5 Å². The molecule has 2 aromatic carbocycles. The topological polar surface area (TPSA) is 94.5 Å². The minimum absolute atomic E-state index is 0.114. The number of fused-ring (bicyclic) bond motifs is 2. The summed E-state index contributed by atoms with van der Waals surface area (Å²) in [5.41, 5.74) is 2.69. The maximum absolute atomic E-state index is 13.1. The molecular weight excluding hydrogens is 420 g/mol. The second kappa shape index (κ2) is 7.31. The molecule has 2 atom stereocenters. The molecule has 0 bridgehead atoms. The fraction of sp³-hybridized carbons (Fsp3) is 0.227. The van der Waals surface area contributed by atoms with E-state index in [1.165, 1.54) is 0 Å². The Balaban J connectivity index is 1.56. The first kappa shape index (κ1) is 19.4. The van der Waals surface area contributed by atoms with Crippen molar-refractivity contribution in [2.45, 2.75) is 18.9 Å². The maximum atomic E-state index is 13.1. The third-order valence-corrected chi connectivity index (χ3v) is 5.94. The van der Waals surface area contributed by atoms with Crippen LogP contribution in [0.4, 0.5) is 5.82 Å². The van der Waals surface area contributed by atoms with Crippen LogP contribution in [-0.2, 0) is 11.8 Å². The first-order valence-electron chi connectivity index (χ1n) is 9.73. The van der Waals surface area contributed by atoms with Gasteiger partial charge in [0.15, 0.2) is 11.5 Å². The molecule has 1 aromatic heterocycles. The van der Waals surface area contributed by atoms with E-state index in [0.717, 1.165) is 16.8 Å². The van der Waals surface area contributed by atoms with E-state index in [0.29, 0.717) is 27.9 Å². The number of ether oxygens (including phenoxy) is 2. The number of aryl methyl sites for hydroxylation is 2. The summed E-state index contributed by atoms with van der Waals surface area (Å²) in [4.78, 5) is 26.2. The fourth-order valence-corrected chi connectivity index (χ4v) is 4.43. The van der Waals surface area contributed by atoms with E-state index in [9.17, 15) is 9.59 Å². The lowest BCUT2D eigenvalue weighted by atomic mass is 9.81. The molecule has 0 spiro atoms. The molecule has 0 aliphatic carbocycles. The van der Waals surface area contributed by atoms with Crippen LogP contribution in [0.2, 0.25) is 5.02 Å². The number of anilines is 1. The van der Waals surface area contributed by atoms with Gasteiger partial charge in [0.1, 0.15) is 11.9 Å². The Morgan fingerprint density at radius 1 is 1.23 bits per heavy atom. The highest BCUT2D eigenvalue weighted by molar-refractivity contribution is 6.31. The molecule has 0 fully saturated rings. The summed E-state index contributed by atoms with van der Waals surface area (Å²) in [6.07, 6.45) is 0. The van der Waals surface area contributed by atoms with Crippen LogP contribution >= 0.6 is 11.6 Å². The minimum atomic E-state index is -0.881. The number of amides is 2. The zero-order valence-corrected chi connectivity index (χ0v) is 17.6. The molecule has 158 valence electrons. The molecule has 31 heavy (non-hydrogen) atoms. The third kappa shape index (κ3) is 3.19. The molecule has 5 rings (SSSR count). The highest BCUT2D eigenvalue weighted by Gasteiger charge is 2.42. The Bertz CT molecular complexity index is 1220. The van der Waals surface area contributed by atoms with Gasteiger partial charge in [-0.2, -0.15) is 5.10 Å². The number of nitrogens with one attached hydrogen (secondary N) is 2. The first-order valence-corrected chi connectivity index (χ1v) is 10.1. The average Bonchev–Trinajstić information content (AvgIpc) is 3.33. The predicted octanol–water partition coefficient (Wildman–Crippen LogP) is 2.99. The zero-order valence-electron chi connectivity index (χ0n) is 16.8. The van der Waals surface area contributed by atoms with Crippen LogP contribution in [0.1, 0.15) is 33.1 Å². The molecule has 8 nitrogen and oxygen atoms in total. The van der Waals surface area contributed by atoms with Crippen LogP contribution in [0.25, 0.3) is 0 Å². The summed E-state index contributed by atoms with van der Waals surface area (Å²) in [6.45, 7) is 1.99. The van der Waals surface area contributed by atoms with Crippen LogP contribution < -0.4 is 20.1 Å². The van der Waals surface area contributed by atoms with Gasteiger partial charge in [0.25, 0.3) is 5.91 Å². The van der Waals surface area contributed by atoms with Gasteiger partial charge in [-0.1, -0.05) is 29.8 Å². The number of nitrogens with zero attached hydrogens (tertiary/aromatic N) is 2. The highest BCUT2D eigenvalue weighted by Crippen LogP contribution is 2.41. The van der Waals surface area contributed by atoms with Crippen molar-refractivity contribution in [3.63, 3.8) is 0 Å². The quantitative estimate of drug-likeness (QED) is 0.655. The van der Waals surface area contributed by atoms with Gasteiger partial charge in [-0.3, -0.25) is 14.3 Å². The lowest BCUT2D eigenvalue weighted by molar-refractivity contribution is -0.118. The summed E-state index contributed by atoms with van der Waals surface area (Å²) in [7, 11) is 1.77. The van der Waals surface area contributed by atoms with Crippen molar-refractivity contribution >= 4 is 29.2 Å². The van der Waals surface area contributed by atoms with Gasteiger partial charge in [0, 0.05) is 29.1 Å². The van der Waals surface area contributed by atoms with Crippen LogP contribution in [0.5, 0.6) is 11.5 Å².